The summed E-state index contributed by atoms with van der Waals surface area (Å²) in [6.07, 6.45) is 0.841. The Morgan fingerprint density at radius 2 is 1.56 bits per heavy atom. The van der Waals surface area contributed by atoms with Gasteiger partial charge in [0.1, 0.15) is 0 Å². The van der Waals surface area contributed by atoms with Crippen LogP contribution in [0.5, 0.6) is 11.5 Å². The lowest BCUT2D eigenvalue weighted by Crippen LogP contribution is -2.38. The molecule has 0 aliphatic carbocycles. The molecular formula is C21H25NO5. The molecule has 0 aliphatic heterocycles. The fourth-order valence-corrected chi connectivity index (χ4v) is 2.57. The molecule has 0 aromatic heterocycles. The Bertz CT molecular complexity index is 732. The number of benzene rings is 2. The Labute approximate surface area is 159 Å². The molecule has 2 aromatic carbocycles. The highest BCUT2D eigenvalue weighted by Crippen LogP contribution is 2.25. The molecule has 0 N–H and O–H groups in total. The largest absolute Gasteiger partial charge is 0.493 e. The van der Waals surface area contributed by atoms with Crippen LogP contribution in [0.3, 0.4) is 0 Å². The minimum atomic E-state index is -0.349. The number of esters is 1. The van der Waals surface area contributed by atoms with Crippen molar-refractivity contribution < 1.29 is 23.8 Å². The zero-order valence-electron chi connectivity index (χ0n) is 15.7. The van der Waals surface area contributed by atoms with E-state index in [1.165, 1.54) is 7.11 Å². The summed E-state index contributed by atoms with van der Waals surface area (Å²) in [5.74, 6) is 0.527. The Kier molecular flexibility index (Phi) is 8.16. The van der Waals surface area contributed by atoms with Gasteiger partial charge in [-0.05, 0) is 24.1 Å². The maximum atomic E-state index is 12.6. The average molecular weight is 371 g/mol. The quantitative estimate of drug-likeness (QED) is 0.601. The summed E-state index contributed by atoms with van der Waals surface area (Å²) >= 11 is 0. The van der Waals surface area contributed by atoms with Gasteiger partial charge in [-0.1, -0.05) is 42.5 Å². The number of para-hydroxylation sites is 2. The standard InChI is InChI=1S/C21H25NO5/c1-25-18-10-6-7-11-19(18)27-16-20(23)22(15-13-21(24)26-2)14-12-17-8-4-3-5-9-17/h3-11H,12-16H2,1-2H3. The average Bonchev–Trinajstić information content (AvgIpc) is 2.72. The van der Waals surface area contributed by atoms with Crippen LogP contribution in [0.4, 0.5) is 0 Å². The Morgan fingerprint density at radius 3 is 2.22 bits per heavy atom. The number of hydrogen-bond acceptors (Lipinski definition) is 5. The lowest BCUT2D eigenvalue weighted by molar-refractivity contribution is -0.142. The van der Waals surface area contributed by atoms with Gasteiger partial charge in [0.05, 0.1) is 20.6 Å². The van der Waals surface area contributed by atoms with E-state index in [1.54, 1.807) is 24.1 Å². The SMILES string of the molecule is COC(=O)CCN(CCc1ccccc1)C(=O)COc1ccccc1OC. The van der Waals surface area contributed by atoms with E-state index < -0.39 is 0 Å². The van der Waals surface area contributed by atoms with Crippen molar-refractivity contribution in [1.29, 1.82) is 0 Å². The number of methoxy groups -OCH3 is 2. The van der Waals surface area contributed by atoms with Crippen LogP contribution in [-0.4, -0.2) is 50.7 Å². The first-order valence-corrected chi connectivity index (χ1v) is 8.78. The summed E-state index contributed by atoms with van der Waals surface area (Å²) in [4.78, 5) is 25.7. The van der Waals surface area contributed by atoms with Gasteiger partial charge in [-0.2, -0.15) is 0 Å². The van der Waals surface area contributed by atoms with E-state index in [1.807, 2.05) is 42.5 Å². The first kappa shape index (κ1) is 20.3. The van der Waals surface area contributed by atoms with Gasteiger partial charge in [0.25, 0.3) is 5.91 Å². The van der Waals surface area contributed by atoms with E-state index >= 15 is 0 Å². The zero-order valence-corrected chi connectivity index (χ0v) is 15.7. The number of nitrogens with zero attached hydrogens (tertiary/aromatic N) is 1. The number of carbonyl (C=O) groups is 2. The van der Waals surface area contributed by atoms with Gasteiger partial charge in [-0.25, -0.2) is 0 Å². The number of rotatable bonds is 10. The summed E-state index contributed by atoms with van der Waals surface area (Å²) in [5.41, 5.74) is 1.12. The fourth-order valence-electron chi connectivity index (χ4n) is 2.57. The van der Waals surface area contributed by atoms with Crippen molar-refractivity contribution in [2.45, 2.75) is 12.8 Å². The van der Waals surface area contributed by atoms with Crippen LogP contribution >= 0.6 is 0 Å². The van der Waals surface area contributed by atoms with Crippen LogP contribution in [-0.2, 0) is 20.7 Å². The molecule has 0 spiro atoms. The second kappa shape index (κ2) is 10.9. The molecule has 0 bridgehead atoms. The summed E-state index contributed by atoms with van der Waals surface area (Å²) in [6.45, 7) is 0.652. The van der Waals surface area contributed by atoms with E-state index in [-0.39, 0.29) is 31.4 Å². The van der Waals surface area contributed by atoms with E-state index in [9.17, 15) is 9.59 Å². The van der Waals surface area contributed by atoms with Crippen LogP contribution < -0.4 is 9.47 Å². The van der Waals surface area contributed by atoms with Gasteiger partial charge in [-0.15, -0.1) is 0 Å². The van der Waals surface area contributed by atoms with Crippen LogP contribution in [0.1, 0.15) is 12.0 Å². The van der Waals surface area contributed by atoms with Crippen molar-refractivity contribution in [3.05, 3.63) is 60.2 Å². The molecule has 144 valence electrons. The molecule has 0 saturated heterocycles. The summed E-state index contributed by atoms with van der Waals surface area (Å²) in [5, 5.41) is 0. The molecule has 6 heteroatoms. The first-order chi connectivity index (χ1) is 13.1. The molecule has 2 rings (SSSR count). The van der Waals surface area contributed by atoms with Gasteiger partial charge in [-0.3, -0.25) is 9.59 Å². The Hall–Kier alpha value is -3.02. The highest BCUT2D eigenvalue weighted by atomic mass is 16.5. The van der Waals surface area contributed by atoms with Crippen LogP contribution in [0, 0.1) is 0 Å². The number of hydrogen-bond donors (Lipinski definition) is 0. The Morgan fingerprint density at radius 1 is 0.889 bits per heavy atom. The lowest BCUT2D eigenvalue weighted by Gasteiger charge is -2.22. The summed E-state index contributed by atoms with van der Waals surface area (Å²) in [6, 6.07) is 17.0. The highest BCUT2D eigenvalue weighted by Gasteiger charge is 2.17. The second-order valence-corrected chi connectivity index (χ2v) is 5.88. The third-order valence-electron chi connectivity index (χ3n) is 4.10. The fraction of sp³-hybridized carbons (Fsp3) is 0.333. The topological polar surface area (TPSA) is 65.1 Å². The van der Waals surface area contributed by atoms with Crippen molar-refractivity contribution in [3.63, 3.8) is 0 Å². The highest BCUT2D eigenvalue weighted by molar-refractivity contribution is 5.78. The van der Waals surface area contributed by atoms with Crippen LogP contribution in [0.15, 0.2) is 54.6 Å². The normalized spacial score (nSPS) is 10.1. The van der Waals surface area contributed by atoms with Gasteiger partial charge in [0.15, 0.2) is 18.1 Å². The molecule has 2 aromatic rings. The maximum Gasteiger partial charge on any atom is 0.307 e. The zero-order chi connectivity index (χ0) is 19.5. The molecule has 0 radical (unpaired) electrons. The van der Waals surface area contributed by atoms with E-state index in [0.29, 0.717) is 24.5 Å². The first-order valence-electron chi connectivity index (χ1n) is 8.78. The molecule has 0 saturated carbocycles. The minimum Gasteiger partial charge on any atom is -0.493 e. The van der Waals surface area contributed by atoms with Crippen LogP contribution in [0.2, 0.25) is 0 Å². The van der Waals surface area contributed by atoms with Gasteiger partial charge < -0.3 is 19.1 Å². The predicted molar refractivity (Wildman–Crippen MR) is 102 cm³/mol. The lowest BCUT2D eigenvalue weighted by atomic mass is 10.1. The molecule has 1 amide bonds. The monoisotopic (exact) mass is 371 g/mol. The van der Waals surface area contributed by atoms with E-state index in [4.69, 9.17) is 9.47 Å². The predicted octanol–water partition coefficient (Wildman–Crippen LogP) is 2.71. The van der Waals surface area contributed by atoms with Crippen molar-refractivity contribution in [1.82, 2.24) is 4.90 Å². The Balaban J connectivity index is 1.97. The van der Waals surface area contributed by atoms with Gasteiger partial charge >= 0.3 is 5.97 Å². The third kappa shape index (κ3) is 6.66. The molecular weight excluding hydrogens is 346 g/mol. The van der Waals surface area contributed by atoms with Crippen molar-refractivity contribution in [2.24, 2.45) is 0 Å². The molecule has 0 unspecified atom stereocenters. The molecule has 0 fully saturated rings. The molecule has 0 atom stereocenters. The van der Waals surface area contributed by atoms with Crippen molar-refractivity contribution in [2.75, 3.05) is 33.9 Å². The summed E-state index contributed by atoms with van der Waals surface area (Å²) < 4.78 is 15.5. The molecule has 6 nitrogen and oxygen atoms in total. The van der Waals surface area contributed by atoms with Crippen molar-refractivity contribution >= 4 is 11.9 Å². The number of ether oxygens (including phenoxy) is 3. The molecule has 27 heavy (non-hydrogen) atoms. The number of amides is 1. The number of carbonyl (C=O) groups excluding carboxylic acids is 2. The maximum absolute atomic E-state index is 12.6. The minimum absolute atomic E-state index is 0.129. The van der Waals surface area contributed by atoms with Crippen molar-refractivity contribution in [3.8, 4) is 11.5 Å². The van der Waals surface area contributed by atoms with E-state index in [2.05, 4.69) is 4.74 Å². The van der Waals surface area contributed by atoms with Crippen LogP contribution in [0.25, 0.3) is 0 Å². The van der Waals surface area contributed by atoms with Gasteiger partial charge in [0.2, 0.25) is 0 Å². The second-order valence-electron chi connectivity index (χ2n) is 5.88. The third-order valence-corrected chi connectivity index (χ3v) is 4.10. The molecule has 0 aliphatic rings. The smallest absolute Gasteiger partial charge is 0.307 e. The van der Waals surface area contributed by atoms with E-state index in [0.717, 1.165) is 5.56 Å². The van der Waals surface area contributed by atoms with Gasteiger partial charge in [0, 0.05) is 13.1 Å². The summed E-state index contributed by atoms with van der Waals surface area (Å²) in [7, 11) is 2.88. The molecule has 0 heterocycles.